The predicted octanol–water partition coefficient (Wildman–Crippen LogP) is 5.20. The minimum Gasteiger partial charge on any atom is -0.481 e. The number of carboxylic acid groups (broad SMARTS) is 1. The van der Waals surface area contributed by atoms with Crippen molar-refractivity contribution in [3.8, 4) is 0 Å². The Morgan fingerprint density at radius 2 is 1.58 bits per heavy atom. The van der Waals surface area contributed by atoms with Gasteiger partial charge < -0.3 is 15.3 Å². The molecule has 1 fully saturated rings. The number of ketones is 1. The average Bonchev–Trinajstić information content (AvgIpc) is 2.86. The molecule has 2 N–H and O–H groups in total. The second-order valence-corrected chi connectivity index (χ2v) is 9.16. The maximum atomic E-state index is 14.8. The standard InChI is InChI=1S/C28H28F2N2O4/c29-23-16-22(17-24(30)27(23)32-12-9-18(10-13-32)14-26(34)35)25(33)6-3-11-31-28(36)21-8-7-19-4-1-2-5-20(19)15-21/h1-2,4-5,7-8,15-18H,3,6,9-14H2,(H,31,36)(H,34,35). The van der Waals surface area contributed by atoms with Crippen molar-refractivity contribution >= 4 is 34.1 Å². The van der Waals surface area contributed by atoms with Crippen molar-refractivity contribution in [3.63, 3.8) is 0 Å². The van der Waals surface area contributed by atoms with Crippen LogP contribution in [0.5, 0.6) is 0 Å². The number of carboxylic acids is 1. The SMILES string of the molecule is O=C(O)CC1CCN(c2c(F)cc(C(=O)CCCNC(=O)c3ccc4ccccc4c3)cc2F)CC1. The Balaban J connectivity index is 1.29. The summed E-state index contributed by atoms with van der Waals surface area (Å²) < 4.78 is 29.5. The van der Waals surface area contributed by atoms with Crippen molar-refractivity contribution in [3.05, 3.63) is 77.4 Å². The molecule has 1 amide bonds. The summed E-state index contributed by atoms with van der Waals surface area (Å²) in [6.07, 6.45) is 1.50. The number of halogens is 2. The fourth-order valence-corrected chi connectivity index (χ4v) is 4.66. The first-order chi connectivity index (χ1) is 17.3. The lowest BCUT2D eigenvalue weighted by atomic mass is 9.93. The number of carbonyl (C=O) groups excluding carboxylic acids is 2. The normalized spacial score (nSPS) is 14.1. The Hall–Kier alpha value is -3.81. The number of hydrogen-bond donors (Lipinski definition) is 2. The Kier molecular flexibility index (Phi) is 7.93. The molecule has 0 atom stereocenters. The molecule has 0 aromatic heterocycles. The van der Waals surface area contributed by atoms with Gasteiger partial charge in [-0.15, -0.1) is 0 Å². The minimum atomic E-state index is -0.873. The van der Waals surface area contributed by atoms with Crippen LogP contribution in [0.3, 0.4) is 0 Å². The van der Waals surface area contributed by atoms with Crippen LogP contribution in [0.1, 0.15) is 52.8 Å². The van der Waals surface area contributed by atoms with Crippen molar-refractivity contribution in [2.45, 2.75) is 32.1 Å². The summed E-state index contributed by atoms with van der Waals surface area (Å²) >= 11 is 0. The number of anilines is 1. The third-order valence-corrected chi connectivity index (χ3v) is 6.61. The van der Waals surface area contributed by atoms with Crippen LogP contribution in [0, 0.1) is 17.6 Å². The lowest BCUT2D eigenvalue weighted by Crippen LogP contribution is -2.35. The molecule has 0 spiro atoms. The lowest BCUT2D eigenvalue weighted by Gasteiger charge is -2.33. The van der Waals surface area contributed by atoms with E-state index in [9.17, 15) is 23.2 Å². The van der Waals surface area contributed by atoms with Crippen molar-refractivity contribution in [1.82, 2.24) is 5.32 Å². The number of carbonyl (C=O) groups is 3. The van der Waals surface area contributed by atoms with E-state index >= 15 is 0 Å². The van der Waals surface area contributed by atoms with Crippen molar-refractivity contribution in [2.75, 3.05) is 24.5 Å². The molecule has 0 aliphatic carbocycles. The summed E-state index contributed by atoms with van der Waals surface area (Å²) in [5.41, 5.74) is 0.296. The Morgan fingerprint density at radius 3 is 2.25 bits per heavy atom. The van der Waals surface area contributed by atoms with E-state index in [4.69, 9.17) is 5.11 Å². The molecule has 3 aromatic rings. The second-order valence-electron chi connectivity index (χ2n) is 9.16. The van der Waals surface area contributed by atoms with Gasteiger partial charge in [0.1, 0.15) is 17.3 Å². The van der Waals surface area contributed by atoms with Crippen LogP contribution in [0.4, 0.5) is 14.5 Å². The largest absolute Gasteiger partial charge is 0.481 e. The predicted molar refractivity (Wildman–Crippen MR) is 133 cm³/mol. The number of piperidine rings is 1. The van der Waals surface area contributed by atoms with Crippen molar-refractivity contribution in [1.29, 1.82) is 0 Å². The van der Waals surface area contributed by atoms with Crippen LogP contribution in [0.15, 0.2) is 54.6 Å². The van der Waals surface area contributed by atoms with E-state index in [1.807, 2.05) is 30.3 Å². The van der Waals surface area contributed by atoms with Crippen LogP contribution in [-0.4, -0.2) is 42.4 Å². The van der Waals surface area contributed by atoms with E-state index < -0.39 is 23.4 Å². The quantitative estimate of drug-likeness (QED) is 0.315. The van der Waals surface area contributed by atoms with E-state index in [0.29, 0.717) is 37.9 Å². The molecule has 8 heteroatoms. The first-order valence-electron chi connectivity index (χ1n) is 12.1. The van der Waals surface area contributed by atoms with Crippen LogP contribution in [0.2, 0.25) is 0 Å². The average molecular weight is 495 g/mol. The molecule has 0 unspecified atom stereocenters. The summed E-state index contributed by atoms with van der Waals surface area (Å²) in [7, 11) is 0. The highest BCUT2D eigenvalue weighted by atomic mass is 19.1. The van der Waals surface area contributed by atoms with Crippen molar-refractivity contribution < 1.29 is 28.3 Å². The number of hydrogen-bond acceptors (Lipinski definition) is 4. The van der Waals surface area contributed by atoms with Gasteiger partial charge >= 0.3 is 5.97 Å². The molecular formula is C28H28F2N2O4. The van der Waals surface area contributed by atoms with Gasteiger partial charge in [-0.2, -0.15) is 0 Å². The van der Waals surface area contributed by atoms with Gasteiger partial charge in [-0.25, -0.2) is 8.78 Å². The molecule has 0 bridgehead atoms. The van der Waals surface area contributed by atoms with E-state index in [2.05, 4.69) is 5.32 Å². The maximum Gasteiger partial charge on any atom is 0.303 e. The van der Waals surface area contributed by atoms with Crippen LogP contribution in [0.25, 0.3) is 10.8 Å². The van der Waals surface area contributed by atoms with E-state index in [1.165, 1.54) is 0 Å². The highest BCUT2D eigenvalue weighted by Gasteiger charge is 2.26. The van der Waals surface area contributed by atoms with Gasteiger partial charge in [-0.1, -0.05) is 30.3 Å². The molecular weight excluding hydrogens is 466 g/mol. The molecule has 36 heavy (non-hydrogen) atoms. The van der Waals surface area contributed by atoms with Crippen LogP contribution >= 0.6 is 0 Å². The number of benzene rings is 3. The summed E-state index contributed by atoms with van der Waals surface area (Å²) in [5.74, 6) is -3.14. The topological polar surface area (TPSA) is 86.7 Å². The number of Topliss-reactive ketones (excluding diaryl/α,β-unsaturated/α-hetero) is 1. The summed E-state index contributed by atoms with van der Waals surface area (Å²) in [4.78, 5) is 37.4. The third-order valence-electron chi connectivity index (χ3n) is 6.61. The Morgan fingerprint density at radius 1 is 0.917 bits per heavy atom. The summed E-state index contributed by atoms with van der Waals surface area (Å²) in [5, 5.41) is 13.7. The number of rotatable bonds is 9. The molecule has 6 nitrogen and oxygen atoms in total. The smallest absolute Gasteiger partial charge is 0.303 e. The van der Waals surface area contributed by atoms with Gasteiger partial charge in [0.2, 0.25) is 0 Å². The lowest BCUT2D eigenvalue weighted by molar-refractivity contribution is -0.138. The minimum absolute atomic E-state index is 0.00699. The Labute approximate surface area is 207 Å². The van der Waals surface area contributed by atoms with Gasteiger partial charge in [0.15, 0.2) is 5.78 Å². The first kappa shape index (κ1) is 25.3. The van der Waals surface area contributed by atoms with Gasteiger partial charge in [0.25, 0.3) is 5.91 Å². The van der Waals surface area contributed by atoms with Gasteiger partial charge in [0.05, 0.1) is 0 Å². The number of fused-ring (bicyclic) bond motifs is 1. The summed E-state index contributed by atoms with van der Waals surface area (Å²) in [6.45, 7) is 0.970. The number of aliphatic carboxylic acids is 1. The molecule has 1 aliphatic rings. The molecule has 0 radical (unpaired) electrons. The van der Waals surface area contributed by atoms with E-state index in [0.717, 1.165) is 22.9 Å². The highest BCUT2D eigenvalue weighted by Crippen LogP contribution is 2.30. The van der Waals surface area contributed by atoms with E-state index in [-0.39, 0.29) is 42.5 Å². The van der Waals surface area contributed by atoms with Gasteiger partial charge in [-0.05, 0) is 60.2 Å². The molecule has 1 heterocycles. The molecule has 1 saturated heterocycles. The highest BCUT2D eigenvalue weighted by molar-refractivity contribution is 5.99. The fourth-order valence-electron chi connectivity index (χ4n) is 4.66. The molecule has 3 aromatic carbocycles. The maximum absolute atomic E-state index is 14.8. The zero-order valence-electron chi connectivity index (χ0n) is 19.8. The number of nitrogens with one attached hydrogen (secondary N) is 1. The third kappa shape index (κ3) is 6.05. The van der Waals surface area contributed by atoms with E-state index in [1.54, 1.807) is 17.0 Å². The molecule has 0 saturated carbocycles. The van der Waals surface area contributed by atoms with Crippen LogP contribution < -0.4 is 10.2 Å². The number of amides is 1. The van der Waals surface area contributed by atoms with Crippen LogP contribution in [-0.2, 0) is 4.79 Å². The zero-order valence-corrected chi connectivity index (χ0v) is 19.8. The van der Waals surface area contributed by atoms with Crippen molar-refractivity contribution in [2.24, 2.45) is 5.92 Å². The van der Waals surface area contributed by atoms with Gasteiger partial charge in [-0.3, -0.25) is 14.4 Å². The first-order valence-corrected chi connectivity index (χ1v) is 12.1. The molecule has 4 rings (SSSR count). The molecule has 188 valence electrons. The molecule has 1 aliphatic heterocycles. The van der Waals surface area contributed by atoms with Gasteiger partial charge in [0, 0.05) is 43.6 Å². The zero-order chi connectivity index (χ0) is 25.7. The Bertz CT molecular complexity index is 1260. The number of nitrogens with zero attached hydrogens (tertiary/aromatic N) is 1. The monoisotopic (exact) mass is 494 g/mol. The fraction of sp³-hybridized carbons (Fsp3) is 0.321. The second kappa shape index (κ2) is 11.3. The summed E-state index contributed by atoms with van der Waals surface area (Å²) in [6, 6.07) is 15.2.